The number of methoxy groups -OCH3 is 2. The zero-order chi connectivity index (χ0) is 26.4. The van der Waals surface area contributed by atoms with Gasteiger partial charge in [0.1, 0.15) is 11.6 Å². The normalized spacial score (nSPS) is 11.9. The number of thiazole rings is 1. The summed E-state index contributed by atoms with van der Waals surface area (Å²) in [7, 11) is -0.839. The number of nitrogens with zero attached hydrogens (tertiary/aromatic N) is 3. The number of furan rings is 1. The number of halogens is 1. The zero-order valence-corrected chi connectivity index (χ0v) is 21.9. The summed E-state index contributed by atoms with van der Waals surface area (Å²) in [6.45, 7) is 0.882. The lowest BCUT2D eigenvalue weighted by Gasteiger charge is -2.22. The van der Waals surface area contributed by atoms with Crippen molar-refractivity contribution in [3.05, 3.63) is 78.0 Å². The number of sulfonamides is 1. The summed E-state index contributed by atoms with van der Waals surface area (Å²) in [5.74, 6) is -0.270. The molecule has 2 aromatic heterocycles. The maximum absolute atomic E-state index is 13.7. The minimum Gasteiger partial charge on any atom is -0.467 e. The molecule has 0 radical (unpaired) electrons. The number of hydrogen-bond acceptors (Lipinski definition) is 8. The Morgan fingerprint density at radius 2 is 1.76 bits per heavy atom. The van der Waals surface area contributed by atoms with Gasteiger partial charge in [-0.15, -0.1) is 0 Å². The molecule has 12 heteroatoms. The van der Waals surface area contributed by atoms with Crippen LogP contribution in [0.5, 0.6) is 0 Å². The van der Waals surface area contributed by atoms with E-state index in [1.807, 2.05) is 0 Å². The van der Waals surface area contributed by atoms with E-state index in [2.05, 4.69) is 4.98 Å². The van der Waals surface area contributed by atoms with Crippen LogP contribution in [0.3, 0.4) is 0 Å². The van der Waals surface area contributed by atoms with Crippen LogP contribution in [-0.2, 0) is 26.0 Å². The molecule has 4 aromatic rings. The molecule has 2 heterocycles. The van der Waals surface area contributed by atoms with Gasteiger partial charge in [-0.05, 0) is 54.6 Å². The number of benzene rings is 2. The Kier molecular flexibility index (Phi) is 8.67. The van der Waals surface area contributed by atoms with E-state index >= 15 is 0 Å². The van der Waals surface area contributed by atoms with Crippen LogP contribution >= 0.6 is 11.3 Å². The summed E-state index contributed by atoms with van der Waals surface area (Å²) in [6, 6.07) is 13.4. The molecule has 9 nitrogen and oxygen atoms in total. The number of carbonyl (C=O) groups is 1. The first kappa shape index (κ1) is 26.9. The van der Waals surface area contributed by atoms with Gasteiger partial charge in [0.2, 0.25) is 10.0 Å². The minimum absolute atomic E-state index is 0.0457. The van der Waals surface area contributed by atoms with Crippen LogP contribution in [0, 0.1) is 5.82 Å². The van der Waals surface area contributed by atoms with E-state index in [-0.39, 0.29) is 43.3 Å². The van der Waals surface area contributed by atoms with Crippen molar-refractivity contribution in [1.82, 2.24) is 9.29 Å². The van der Waals surface area contributed by atoms with Crippen LogP contribution in [0.4, 0.5) is 9.52 Å². The SMILES string of the molecule is COCCN(CCOC)S(=O)(=O)c1ccc(C(=O)N(Cc2ccco2)c2nc3ccc(F)cc3s2)cc1. The summed E-state index contributed by atoms with van der Waals surface area (Å²) >= 11 is 1.18. The maximum Gasteiger partial charge on any atom is 0.260 e. The molecule has 0 spiro atoms. The number of ether oxygens (including phenoxy) is 2. The van der Waals surface area contributed by atoms with Gasteiger partial charge < -0.3 is 13.9 Å². The lowest BCUT2D eigenvalue weighted by molar-refractivity contribution is 0.0983. The molecule has 0 aliphatic heterocycles. The third kappa shape index (κ3) is 6.22. The Labute approximate surface area is 218 Å². The van der Waals surface area contributed by atoms with Crippen molar-refractivity contribution in [2.24, 2.45) is 0 Å². The van der Waals surface area contributed by atoms with Gasteiger partial charge in [0.05, 0.1) is 41.1 Å². The summed E-state index contributed by atoms with van der Waals surface area (Å²) in [4.78, 5) is 19.6. The van der Waals surface area contributed by atoms with Gasteiger partial charge in [0, 0.05) is 32.9 Å². The highest BCUT2D eigenvalue weighted by atomic mass is 32.2. The third-order valence-corrected chi connectivity index (χ3v) is 8.49. The van der Waals surface area contributed by atoms with Crippen LogP contribution < -0.4 is 4.90 Å². The Morgan fingerprint density at radius 1 is 1.05 bits per heavy atom. The largest absolute Gasteiger partial charge is 0.467 e. The smallest absolute Gasteiger partial charge is 0.260 e. The molecule has 1 amide bonds. The van der Waals surface area contributed by atoms with Gasteiger partial charge >= 0.3 is 0 Å². The predicted molar refractivity (Wildman–Crippen MR) is 138 cm³/mol. The average Bonchev–Trinajstić information content (AvgIpc) is 3.56. The predicted octanol–water partition coefficient (Wildman–Crippen LogP) is 4.16. The van der Waals surface area contributed by atoms with Gasteiger partial charge in [-0.2, -0.15) is 4.31 Å². The van der Waals surface area contributed by atoms with Crippen LogP contribution in [0.25, 0.3) is 10.2 Å². The van der Waals surface area contributed by atoms with Crippen molar-refractivity contribution >= 4 is 42.6 Å². The second kappa shape index (κ2) is 11.9. The molecule has 37 heavy (non-hydrogen) atoms. The molecule has 4 rings (SSSR count). The van der Waals surface area contributed by atoms with E-state index in [1.165, 1.54) is 77.4 Å². The Bertz CT molecular complexity index is 1430. The molecule has 0 bridgehead atoms. The van der Waals surface area contributed by atoms with Crippen molar-refractivity contribution in [3.63, 3.8) is 0 Å². The summed E-state index contributed by atoms with van der Waals surface area (Å²) in [6.07, 6.45) is 1.50. The number of carbonyl (C=O) groups excluding carboxylic acids is 1. The molecule has 0 unspecified atom stereocenters. The van der Waals surface area contributed by atoms with Crippen molar-refractivity contribution in [3.8, 4) is 0 Å². The average molecular weight is 548 g/mol. The second-order valence-corrected chi connectivity index (χ2v) is 10.9. The Hall–Kier alpha value is -3.16. The van der Waals surface area contributed by atoms with Crippen LogP contribution in [0.15, 0.2) is 70.2 Å². The highest BCUT2D eigenvalue weighted by Crippen LogP contribution is 2.31. The molecule has 0 N–H and O–H groups in total. The van der Waals surface area contributed by atoms with Crippen molar-refractivity contribution in [1.29, 1.82) is 0 Å². The number of amides is 1. The maximum atomic E-state index is 13.7. The fourth-order valence-electron chi connectivity index (χ4n) is 3.60. The Morgan fingerprint density at radius 3 is 2.38 bits per heavy atom. The Balaban J connectivity index is 1.63. The van der Waals surface area contributed by atoms with E-state index in [1.54, 1.807) is 18.2 Å². The molecule has 2 aromatic carbocycles. The summed E-state index contributed by atoms with van der Waals surface area (Å²) in [5, 5.41) is 0.365. The number of fused-ring (bicyclic) bond motifs is 1. The number of rotatable bonds is 12. The highest BCUT2D eigenvalue weighted by Gasteiger charge is 2.26. The van der Waals surface area contributed by atoms with E-state index in [0.717, 1.165) is 0 Å². The molecule has 0 saturated heterocycles. The molecular weight excluding hydrogens is 521 g/mol. The van der Waals surface area contributed by atoms with Crippen molar-refractivity contribution < 1.29 is 31.5 Å². The third-order valence-electron chi connectivity index (χ3n) is 5.54. The first-order valence-corrected chi connectivity index (χ1v) is 13.6. The molecule has 0 aliphatic rings. The molecule has 0 saturated carbocycles. The van der Waals surface area contributed by atoms with E-state index < -0.39 is 21.7 Å². The van der Waals surface area contributed by atoms with Crippen LogP contribution in [-0.4, -0.2) is 64.1 Å². The van der Waals surface area contributed by atoms with E-state index in [4.69, 9.17) is 13.9 Å². The molecule has 0 atom stereocenters. The minimum atomic E-state index is -3.84. The summed E-state index contributed by atoms with van der Waals surface area (Å²) in [5.41, 5.74) is 0.823. The van der Waals surface area contributed by atoms with Crippen LogP contribution in [0.1, 0.15) is 16.1 Å². The van der Waals surface area contributed by atoms with Crippen LogP contribution in [0.2, 0.25) is 0 Å². The van der Waals surface area contributed by atoms with Gasteiger partial charge in [-0.1, -0.05) is 11.3 Å². The zero-order valence-electron chi connectivity index (χ0n) is 20.3. The second-order valence-electron chi connectivity index (χ2n) is 7.99. The highest BCUT2D eigenvalue weighted by molar-refractivity contribution is 7.89. The molecular formula is C25H26FN3O6S2. The van der Waals surface area contributed by atoms with Crippen molar-refractivity contribution in [2.75, 3.05) is 45.4 Å². The number of hydrogen-bond donors (Lipinski definition) is 0. The number of anilines is 1. The quantitative estimate of drug-likeness (QED) is 0.262. The fraction of sp³-hybridized carbons (Fsp3) is 0.280. The first-order chi connectivity index (χ1) is 17.8. The van der Waals surface area contributed by atoms with E-state index in [9.17, 15) is 17.6 Å². The van der Waals surface area contributed by atoms with Gasteiger partial charge in [-0.25, -0.2) is 17.8 Å². The molecule has 0 aliphatic carbocycles. The van der Waals surface area contributed by atoms with E-state index in [0.29, 0.717) is 21.1 Å². The standard InChI is InChI=1S/C25H26FN3O6S2/c1-33-14-11-28(12-15-34-2)37(31,32)21-8-5-18(6-9-21)24(30)29(17-20-4-3-13-35-20)25-27-22-10-7-19(26)16-23(22)36-25/h3-10,13,16H,11-12,14-15,17H2,1-2H3. The van der Waals surface area contributed by atoms with Gasteiger partial charge in [-0.3, -0.25) is 9.69 Å². The van der Waals surface area contributed by atoms with Crippen molar-refractivity contribution in [2.45, 2.75) is 11.4 Å². The van der Waals surface area contributed by atoms with Gasteiger partial charge in [0.15, 0.2) is 5.13 Å². The lowest BCUT2D eigenvalue weighted by atomic mass is 10.2. The molecule has 196 valence electrons. The first-order valence-electron chi connectivity index (χ1n) is 11.3. The lowest BCUT2D eigenvalue weighted by Crippen LogP contribution is -2.36. The van der Waals surface area contributed by atoms with Gasteiger partial charge in [0.25, 0.3) is 5.91 Å². The monoisotopic (exact) mass is 547 g/mol. The fourth-order valence-corrected chi connectivity index (χ4v) is 6.00. The summed E-state index contributed by atoms with van der Waals surface area (Å²) < 4.78 is 57.5. The molecule has 0 fully saturated rings. The number of aromatic nitrogens is 1. The topological polar surface area (TPSA) is 102 Å².